The van der Waals surface area contributed by atoms with E-state index in [1.165, 1.54) is 6.42 Å². The second-order valence-corrected chi connectivity index (χ2v) is 10.1. The second-order valence-electron chi connectivity index (χ2n) is 10.1. The van der Waals surface area contributed by atoms with Gasteiger partial charge in [0.2, 0.25) is 11.8 Å². The average Bonchev–Trinajstić information content (AvgIpc) is 3.35. The van der Waals surface area contributed by atoms with Crippen LogP contribution in [-0.2, 0) is 16.0 Å². The molecule has 0 aromatic carbocycles. The molecular weight excluding hydrogens is 402 g/mol. The van der Waals surface area contributed by atoms with E-state index in [-0.39, 0.29) is 17.7 Å². The van der Waals surface area contributed by atoms with Gasteiger partial charge in [0.15, 0.2) is 5.65 Å². The highest BCUT2D eigenvalue weighted by Gasteiger charge is 2.37. The molecule has 0 radical (unpaired) electrons. The van der Waals surface area contributed by atoms with Gasteiger partial charge >= 0.3 is 0 Å². The fraction of sp³-hybridized carbons (Fsp3) is 0.680. The Morgan fingerprint density at radius 2 is 1.91 bits per heavy atom. The minimum absolute atomic E-state index is 0.253. The van der Waals surface area contributed by atoms with Gasteiger partial charge in [0.05, 0.1) is 5.69 Å². The molecular formula is C25H35N5O2. The zero-order valence-electron chi connectivity index (χ0n) is 19.6. The third kappa shape index (κ3) is 4.02. The maximum absolute atomic E-state index is 12.8. The summed E-state index contributed by atoms with van der Waals surface area (Å²) in [5, 5.41) is 4.90. The first-order valence-electron chi connectivity index (χ1n) is 12.4. The Morgan fingerprint density at radius 1 is 1.09 bits per heavy atom. The van der Waals surface area contributed by atoms with Crippen LogP contribution in [0.4, 0.5) is 0 Å². The molecule has 5 rings (SSSR count). The van der Waals surface area contributed by atoms with Crippen LogP contribution in [0.3, 0.4) is 0 Å². The Morgan fingerprint density at radius 3 is 2.66 bits per heavy atom. The smallest absolute Gasteiger partial charge is 0.225 e. The lowest BCUT2D eigenvalue weighted by Gasteiger charge is -2.33. The number of hydrogen-bond acceptors (Lipinski definition) is 4. The number of carbonyl (C=O) groups is 2. The molecule has 7 heteroatoms. The zero-order chi connectivity index (χ0) is 22.4. The van der Waals surface area contributed by atoms with Gasteiger partial charge in [-0.3, -0.25) is 9.59 Å². The molecule has 7 nitrogen and oxygen atoms in total. The van der Waals surface area contributed by atoms with Crippen LogP contribution in [0.2, 0.25) is 0 Å². The summed E-state index contributed by atoms with van der Waals surface area (Å²) in [5.41, 5.74) is 5.07. The number of amides is 2. The Bertz CT molecular complexity index is 1040. The molecule has 2 aromatic rings. The van der Waals surface area contributed by atoms with Crippen LogP contribution in [-0.4, -0.2) is 61.9 Å². The van der Waals surface area contributed by atoms with E-state index in [0.29, 0.717) is 24.8 Å². The van der Waals surface area contributed by atoms with Crippen molar-refractivity contribution in [3.8, 4) is 0 Å². The fourth-order valence-electron chi connectivity index (χ4n) is 5.54. The van der Waals surface area contributed by atoms with Crippen molar-refractivity contribution in [2.75, 3.05) is 19.6 Å². The summed E-state index contributed by atoms with van der Waals surface area (Å²) in [5.74, 6) is 1.14. The number of carbonyl (C=O) groups excluding carboxylic acids is 2. The van der Waals surface area contributed by atoms with Gasteiger partial charge in [0.25, 0.3) is 0 Å². The minimum atomic E-state index is 0.253. The average molecular weight is 438 g/mol. The quantitative estimate of drug-likeness (QED) is 0.719. The van der Waals surface area contributed by atoms with E-state index in [0.717, 1.165) is 80.0 Å². The van der Waals surface area contributed by atoms with Crippen LogP contribution >= 0.6 is 0 Å². The molecule has 2 saturated heterocycles. The van der Waals surface area contributed by atoms with Crippen molar-refractivity contribution in [1.29, 1.82) is 0 Å². The molecule has 0 bridgehead atoms. The van der Waals surface area contributed by atoms with Crippen LogP contribution in [0.5, 0.6) is 0 Å². The maximum Gasteiger partial charge on any atom is 0.225 e. The van der Waals surface area contributed by atoms with Crippen LogP contribution in [0.15, 0.2) is 6.07 Å². The molecule has 3 fully saturated rings. The Balaban J connectivity index is 1.31. The van der Waals surface area contributed by atoms with Crippen LogP contribution in [0.1, 0.15) is 80.4 Å². The molecule has 1 saturated carbocycles. The molecule has 2 atom stereocenters. The highest BCUT2D eigenvalue weighted by Crippen LogP contribution is 2.35. The summed E-state index contributed by atoms with van der Waals surface area (Å²) < 4.78 is 1.94. The van der Waals surface area contributed by atoms with E-state index in [2.05, 4.69) is 24.8 Å². The summed E-state index contributed by atoms with van der Waals surface area (Å²) in [6.07, 6.45) is 7.74. The highest BCUT2D eigenvalue weighted by atomic mass is 16.2. The number of fused-ring (bicyclic) bond motifs is 1. The first kappa shape index (κ1) is 21.4. The van der Waals surface area contributed by atoms with Gasteiger partial charge in [0, 0.05) is 61.4 Å². The van der Waals surface area contributed by atoms with E-state index in [4.69, 9.17) is 10.1 Å². The molecule has 4 heterocycles. The summed E-state index contributed by atoms with van der Waals surface area (Å²) in [6, 6.07) is 2.44. The van der Waals surface area contributed by atoms with Crippen molar-refractivity contribution in [3.05, 3.63) is 28.7 Å². The number of piperidine rings is 1. The zero-order valence-corrected chi connectivity index (χ0v) is 19.6. The van der Waals surface area contributed by atoms with E-state index in [1.54, 1.807) is 0 Å². The highest BCUT2D eigenvalue weighted by molar-refractivity contribution is 5.81. The maximum atomic E-state index is 12.8. The van der Waals surface area contributed by atoms with Gasteiger partial charge in [-0.15, -0.1) is 0 Å². The minimum Gasteiger partial charge on any atom is -0.342 e. The normalized spacial score (nSPS) is 23.8. The molecule has 2 aromatic heterocycles. The van der Waals surface area contributed by atoms with Crippen molar-refractivity contribution < 1.29 is 9.59 Å². The molecule has 0 N–H and O–H groups in total. The predicted octanol–water partition coefficient (Wildman–Crippen LogP) is 3.41. The third-order valence-electron chi connectivity index (χ3n) is 7.74. The van der Waals surface area contributed by atoms with E-state index < -0.39 is 0 Å². The van der Waals surface area contributed by atoms with Gasteiger partial charge < -0.3 is 9.80 Å². The van der Waals surface area contributed by atoms with Gasteiger partial charge in [-0.2, -0.15) is 5.10 Å². The molecule has 32 heavy (non-hydrogen) atoms. The van der Waals surface area contributed by atoms with Crippen molar-refractivity contribution in [2.24, 2.45) is 5.92 Å². The van der Waals surface area contributed by atoms with E-state index in [9.17, 15) is 9.59 Å². The van der Waals surface area contributed by atoms with Crippen LogP contribution in [0, 0.1) is 19.8 Å². The van der Waals surface area contributed by atoms with Crippen molar-refractivity contribution in [2.45, 2.75) is 84.1 Å². The largest absolute Gasteiger partial charge is 0.342 e. The molecule has 172 valence electrons. The third-order valence-corrected chi connectivity index (χ3v) is 7.74. The number of likely N-dealkylation sites (tertiary alicyclic amines) is 2. The Labute approximate surface area is 190 Å². The number of aryl methyl sites for hydroxylation is 2. The molecule has 2 amide bonds. The number of nitrogens with zero attached hydrogens (tertiary/aromatic N) is 5. The summed E-state index contributed by atoms with van der Waals surface area (Å²) >= 11 is 0. The molecule has 2 aliphatic heterocycles. The van der Waals surface area contributed by atoms with Crippen LogP contribution in [0.25, 0.3) is 5.65 Å². The summed E-state index contributed by atoms with van der Waals surface area (Å²) in [7, 11) is 0. The van der Waals surface area contributed by atoms with Crippen molar-refractivity contribution in [1.82, 2.24) is 24.4 Å². The first-order chi connectivity index (χ1) is 15.4. The number of hydrogen-bond donors (Lipinski definition) is 0. The lowest BCUT2D eigenvalue weighted by molar-refractivity contribution is -0.134. The molecule has 1 aliphatic carbocycles. The monoisotopic (exact) mass is 437 g/mol. The SMILES string of the molecule is Cc1nc2cc([C@H]3CCN(C(=O)C4CC4)C3)nn2c(C)c1CCC(=O)N1CCCC[C@@H]1C. The van der Waals surface area contributed by atoms with Crippen molar-refractivity contribution >= 4 is 17.5 Å². The lowest BCUT2D eigenvalue weighted by Crippen LogP contribution is -2.42. The van der Waals surface area contributed by atoms with Gasteiger partial charge in [-0.25, -0.2) is 9.50 Å². The van der Waals surface area contributed by atoms with Gasteiger partial charge in [-0.1, -0.05) is 0 Å². The Hall–Kier alpha value is -2.44. The van der Waals surface area contributed by atoms with Crippen LogP contribution < -0.4 is 0 Å². The topological polar surface area (TPSA) is 70.8 Å². The fourth-order valence-corrected chi connectivity index (χ4v) is 5.54. The molecule has 0 unspecified atom stereocenters. The summed E-state index contributed by atoms with van der Waals surface area (Å²) in [6.45, 7) is 8.77. The molecule has 0 spiro atoms. The van der Waals surface area contributed by atoms with E-state index in [1.807, 2.05) is 16.3 Å². The first-order valence-corrected chi connectivity index (χ1v) is 12.4. The number of aromatic nitrogens is 3. The lowest BCUT2D eigenvalue weighted by atomic mass is 10.0. The molecule has 3 aliphatic rings. The second kappa shape index (κ2) is 8.49. The number of rotatable bonds is 5. The van der Waals surface area contributed by atoms with E-state index >= 15 is 0 Å². The van der Waals surface area contributed by atoms with Gasteiger partial charge in [-0.05, 0) is 71.3 Å². The standard InChI is InChI=1S/C25H35N5O2/c1-16-6-4-5-12-29(16)24(31)10-9-21-17(2)26-23-14-22(27-30(23)18(21)3)20-11-13-28(15-20)25(32)19-7-8-19/h14,16,19-20H,4-13,15H2,1-3H3/t16-,20-/m0/s1. The summed E-state index contributed by atoms with van der Waals surface area (Å²) in [4.78, 5) is 34.2. The van der Waals surface area contributed by atoms with Gasteiger partial charge in [0.1, 0.15) is 0 Å². The van der Waals surface area contributed by atoms with Crippen molar-refractivity contribution in [3.63, 3.8) is 0 Å². The predicted molar refractivity (Wildman–Crippen MR) is 122 cm³/mol. The Kier molecular flexibility index (Phi) is 5.68.